The molecule has 130 valence electrons. The summed E-state index contributed by atoms with van der Waals surface area (Å²) in [6.07, 6.45) is 6.33. The van der Waals surface area contributed by atoms with E-state index in [4.69, 9.17) is 5.26 Å². The quantitative estimate of drug-likeness (QED) is 0.920. The topological polar surface area (TPSA) is 88.9 Å². The maximum atomic E-state index is 12.1. The van der Waals surface area contributed by atoms with Crippen molar-refractivity contribution in [2.24, 2.45) is 11.8 Å². The Morgan fingerprint density at radius 3 is 2.88 bits per heavy atom. The summed E-state index contributed by atoms with van der Waals surface area (Å²) < 4.78 is 0. The fourth-order valence-electron chi connectivity index (χ4n) is 4.42. The van der Waals surface area contributed by atoms with Gasteiger partial charge in [0.1, 0.15) is 17.8 Å². The van der Waals surface area contributed by atoms with Gasteiger partial charge in [-0.2, -0.15) is 5.26 Å². The van der Waals surface area contributed by atoms with E-state index in [0.717, 1.165) is 42.8 Å². The molecular weight excluding hydrogens is 316 g/mol. The highest BCUT2D eigenvalue weighted by Crippen LogP contribution is 2.41. The molecule has 0 bridgehead atoms. The number of likely N-dealkylation sites (tertiary alicyclic amines) is 1. The number of nitriles is 1. The Bertz CT molecular complexity index is 810. The van der Waals surface area contributed by atoms with Gasteiger partial charge < -0.3 is 14.8 Å². The molecule has 7 nitrogen and oxygen atoms in total. The van der Waals surface area contributed by atoms with Crippen molar-refractivity contribution >= 4 is 22.8 Å². The van der Waals surface area contributed by atoms with E-state index in [1.807, 2.05) is 17.2 Å². The summed E-state index contributed by atoms with van der Waals surface area (Å²) in [5.74, 6) is 2.22. The second-order valence-electron chi connectivity index (χ2n) is 7.15. The van der Waals surface area contributed by atoms with E-state index in [-0.39, 0.29) is 5.91 Å². The second kappa shape index (κ2) is 6.36. The Kier molecular flexibility index (Phi) is 4.04. The molecule has 2 aromatic heterocycles. The Balaban J connectivity index is 1.42. The number of anilines is 1. The van der Waals surface area contributed by atoms with Gasteiger partial charge in [-0.1, -0.05) is 0 Å². The van der Waals surface area contributed by atoms with E-state index in [0.29, 0.717) is 30.7 Å². The van der Waals surface area contributed by atoms with Crippen molar-refractivity contribution in [3.05, 3.63) is 18.6 Å². The summed E-state index contributed by atoms with van der Waals surface area (Å²) in [6.45, 7) is 1.67. The van der Waals surface area contributed by atoms with E-state index in [1.165, 1.54) is 0 Å². The van der Waals surface area contributed by atoms with Gasteiger partial charge in [0, 0.05) is 45.2 Å². The van der Waals surface area contributed by atoms with Crippen molar-refractivity contribution < 1.29 is 4.79 Å². The van der Waals surface area contributed by atoms with E-state index >= 15 is 0 Å². The van der Waals surface area contributed by atoms with E-state index < -0.39 is 0 Å². The molecule has 3 heterocycles. The minimum absolute atomic E-state index is 0.130. The van der Waals surface area contributed by atoms with Gasteiger partial charge in [0.05, 0.1) is 11.5 Å². The fraction of sp³-hybridized carbons (Fsp3) is 0.556. The summed E-state index contributed by atoms with van der Waals surface area (Å²) >= 11 is 0. The van der Waals surface area contributed by atoms with Gasteiger partial charge in [0.2, 0.25) is 5.91 Å². The van der Waals surface area contributed by atoms with Crippen LogP contribution in [-0.4, -0.2) is 51.9 Å². The average Bonchev–Trinajstić information content (AvgIpc) is 3.31. The first-order valence-corrected chi connectivity index (χ1v) is 8.83. The lowest BCUT2D eigenvalue weighted by Crippen LogP contribution is -2.34. The lowest BCUT2D eigenvalue weighted by atomic mass is 10.0. The van der Waals surface area contributed by atoms with Crippen molar-refractivity contribution in [3.63, 3.8) is 0 Å². The molecule has 1 aliphatic carbocycles. The van der Waals surface area contributed by atoms with Crippen molar-refractivity contribution in [1.29, 1.82) is 5.26 Å². The number of hydrogen-bond donors (Lipinski definition) is 1. The standard InChI is InChI=1S/C18H22N6O/c1-23(18-15-4-6-20-17(15)21-11-22-18)14-7-12-9-24(10-13(12)8-14)16(25)3-2-5-19/h4,6,11-14H,2-3,7-10H2,1H3,(H,20,21,22)/t12-,13?,14-/m0/s1. The van der Waals surface area contributed by atoms with Crippen molar-refractivity contribution in [1.82, 2.24) is 19.9 Å². The van der Waals surface area contributed by atoms with Crippen LogP contribution in [0.5, 0.6) is 0 Å². The van der Waals surface area contributed by atoms with Crippen molar-refractivity contribution in [2.75, 3.05) is 25.0 Å². The largest absolute Gasteiger partial charge is 0.356 e. The van der Waals surface area contributed by atoms with Gasteiger partial charge in [-0.25, -0.2) is 9.97 Å². The zero-order chi connectivity index (χ0) is 17.4. The van der Waals surface area contributed by atoms with E-state index in [9.17, 15) is 4.79 Å². The first-order valence-electron chi connectivity index (χ1n) is 8.83. The number of carbonyl (C=O) groups is 1. The number of fused-ring (bicyclic) bond motifs is 2. The number of carbonyl (C=O) groups excluding carboxylic acids is 1. The van der Waals surface area contributed by atoms with Gasteiger partial charge >= 0.3 is 0 Å². The third-order valence-electron chi connectivity index (χ3n) is 5.74. The normalized spacial score (nSPS) is 25.1. The van der Waals surface area contributed by atoms with Crippen LogP contribution in [0.2, 0.25) is 0 Å². The molecule has 3 atom stereocenters. The molecule has 1 unspecified atom stereocenters. The highest BCUT2D eigenvalue weighted by Gasteiger charge is 2.43. The zero-order valence-corrected chi connectivity index (χ0v) is 14.4. The average molecular weight is 338 g/mol. The van der Waals surface area contributed by atoms with Gasteiger partial charge in [0.15, 0.2) is 0 Å². The van der Waals surface area contributed by atoms with Crippen LogP contribution < -0.4 is 4.90 Å². The number of nitrogens with zero attached hydrogens (tertiary/aromatic N) is 5. The van der Waals surface area contributed by atoms with Crippen molar-refractivity contribution in [2.45, 2.75) is 31.7 Å². The second-order valence-corrected chi connectivity index (χ2v) is 7.15. The number of amides is 1. The lowest BCUT2D eigenvalue weighted by molar-refractivity contribution is -0.130. The Morgan fingerprint density at radius 1 is 1.40 bits per heavy atom. The van der Waals surface area contributed by atoms with Gasteiger partial charge in [-0.05, 0) is 30.7 Å². The lowest BCUT2D eigenvalue weighted by Gasteiger charge is -2.28. The molecule has 2 fully saturated rings. The highest BCUT2D eigenvalue weighted by molar-refractivity contribution is 5.87. The summed E-state index contributed by atoms with van der Waals surface area (Å²) in [6, 6.07) is 4.52. The molecule has 0 aromatic carbocycles. The van der Waals surface area contributed by atoms with E-state index in [1.54, 1.807) is 6.33 Å². The SMILES string of the molecule is CN(c1ncnc2[nH]ccc12)[C@@H]1CC2CN(C(=O)CCC#N)C[C@@H]2C1. The van der Waals surface area contributed by atoms with Crippen LogP contribution in [0.4, 0.5) is 5.82 Å². The maximum absolute atomic E-state index is 12.1. The summed E-state index contributed by atoms with van der Waals surface area (Å²) in [7, 11) is 2.11. The molecule has 1 N–H and O–H groups in total. The Morgan fingerprint density at radius 2 is 2.16 bits per heavy atom. The number of nitrogens with one attached hydrogen (secondary N) is 1. The van der Waals surface area contributed by atoms with Gasteiger partial charge in [0.25, 0.3) is 0 Å². The fourth-order valence-corrected chi connectivity index (χ4v) is 4.42. The third kappa shape index (κ3) is 2.82. The number of H-pyrrole nitrogens is 1. The van der Waals surface area contributed by atoms with Crippen LogP contribution in [0.1, 0.15) is 25.7 Å². The molecule has 0 radical (unpaired) electrons. The van der Waals surface area contributed by atoms with Crippen LogP contribution in [0.3, 0.4) is 0 Å². The maximum Gasteiger partial charge on any atom is 0.223 e. The molecule has 7 heteroatoms. The molecular formula is C18H22N6O. The van der Waals surface area contributed by atoms with Crippen molar-refractivity contribution in [3.8, 4) is 6.07 Å². The summed E-state index contributed by atoms with van der Waals surface area (Å²) in [5.41, 5.74) is 0.865. The number of rotatable bonds is 4. The molecule has 1 saturated carbocycles. The van der Waals surface area contributed by atoms with Gasteiger partial charge in [-0.15, -0.1) is 0 Å². The van der Waals surface area contributed by atoms with Crippen LogP contribution >= 0.6 is 0 Å². The summed E-state index contributed by atoms with van der Waals surface area (Å²) in [4.78, 5) is 28.3. The van der Waals surface area contributed by atoms with Crippen LogP contribution in [-0.2, 0) is 4.79 Å². The Labute approximate surface area is 146 Å². The van der Waals surface area contributed by atoms with Crippen LogP contribution in [0, 0.1) is 23.2 Å². The highest BCUT2D eigenvalue weighted by atomic mass is 16.2. The van der Waals surface area contributed by atoms with Crippen LogP contribution in [0.25, 0.3) is 11.0 Å². The smallest absolute Gasteiger partial charge is 0.223 e. The number of aromatic nitrogens is 3. The molecule has 4 rings (SSSR count). The predicted molar refractivity (Wildman–Crippen MR) is 93.7 cm³/mol. The molecule has 1 aliphatic heterocycles. The first-order chi connectivity index (χ1) is 12.2. The molecule has 25 heavy (non-hydrogen) atoms. The zero-order valence-electron chi connectivity index (χ0n) is 14.4. The van der Waals surface area contributed by atoms with E-state index in [2.05, 4.69) is 33.0 Å². The first kappa shape index (κ1) is 15.9. The predicted octanol–water partition coefficient (Wildman–Crippen LogP) is 1.93. The monoisotopic (exact) mass is 338 g/mol. The molecule has 0 spiro atoms. The number of aromatic amines is 1. The molecule has 2 aromatic rings. The third-order valence-corrected chi connectivity index (χ3v) is 5.74. The number of hydrogen-bond acceptors (Lipinski definition) is 5. The van der Waals surface area contributed by atoms with Crippen LogP contribution in [0.15, 0.2) is 18.6 Å². The van der Waals surface area contributed by atoms with Gasteiger partial charge in [-0.3, -0.25) is 4.79 Å². The minimum Gasteiger partial charge on any atom is -0.356 e. The minimum atomic E-state index is 0.130. The molecule has 1 amide bonds. The molecule has 1 saturated heterocycles. The Hall–Kier alpha value is -2.62. The molecule has 2 aliphatic rings. The summed E-state index contributed by atoms with van der Waals surface area (Å²) in [5, 5.41) is 9.70.